The molecule has 1 aromatic heterocycles. The quantitative estimate of drug-likeness (QED) is 0.882. The van der Waals surface area contributed by atoms with Gasteiger partial charge in [-0.25, -0.2) is 9.78 Å². The molecule has 0 spiro atoms. The van der Waals surface area contributed by atoms with E-state index in [1.165, 1.54) is 0 Å². The van der Waals surface area contributed by atoms with Crippen molar-refractivity contribution in [2.45, 2.75) is 32.0 Å². The smallest absolute Gasteiger partial charge is 0.318 e. The summed E-state index contributed by atoms with van der Waals surface area (Å²) in [6, 6.07) is 0.458. The Morgan fingerprint density at radius 1 is 1.30 bits per heavy atom. The van der Waals surface area contributed by atoms with E-state index in [1.807, 2.05) is 17.3 Å². The van der Waals surface area contributed by atoms with E-state index in [0.29, 0.717) is 18.5 Å². The predicted molar refractivity (Wildman–Crippen MR) is 84.9 cm³/mol. The molecular weight excluding hydrogens is 294 g/mol. The number of amides is 2. The zero-order chi connectivity index (χ0) is 15.6. The first kappa shape index (κ1) is 15.0. The molecule has 0 aromatic carbocycles. The fourth-order valence-corrected chi connectivity index (χ4v) is 3.45. The zero-order valence-corrected chi connectivity index (χ0v) is 13.5. The fraction of sp³-hybridized carbons (Fsp3) is 0.750. The van der Waals surface area contributed by atoms with Gasteiger partial charge in [0.2, 0.25) is 0 Å². The van der Waals surface area contributed by atoms with E-state index in [0.717, 1.165) is 64.6 Å². The molecule has 3 aliphatic rings. The fourth-order valence-electron chi connectivity index (χ4n) is 3.45. The van der Waals surface area contributed by atoms with Gasteiger partial charge in [0.25, 0.3) is 0 Å². The molecule has 7 heteroatoms. The number of carbonyl (C=O) groups excluding carboxylic acids is 1. The lowest BCUT2D eigenvalue weighted by atomic mass is 10.1. The van der Waals surface area contributed by atoms with Gasteiger partial charge >= 0.3 is 6.03 Å². The second kappa shape index (κ2) is 6.49. The number of hydrogen-bond acceptors (Lipinski definition) is 4. The van der Waals surface area contributed by atoms with E-state index in [1.54, 1.807) is 0 Å². The summed E-state index contributed by atoms with van der Waals surface area (Å²) in [6.07, 6.45) is 6.10. The SMILES string of the molecule is O=C(NC1CC1)N1Cc2nccn2CC(CN2CCOCC2)C1. The molecule has 2 amide bonds. The lowest BCUT2D eigenvalue weighted by Gasteiger charge is -2.31. The predicted octanol–water partition coefficient (Wildman–Crippen LogP) is 0.519. The molecule has 1 atom stereocenters. The van der Waals surface area contributed by atoms with Gasteiger partial charge in [-0.2, -0.15) is 0 Å². The minimum Gasteiger partial charge on any atom is -0.379 e. The van der Waals surface area contributed by atoms with Crippen LogP contribution in [0.15, 0.2) is 12.4 Å². The highest BCUT2D eigenvalue weighted by Crippen LogP contribution is 2.21. The van der Waals surface area contributed by atoms with Gasteiger partial charge in [-0.05, 0) is 12.8 Å². The number of nitrogens with one attached hydrogen (secondary N) is 1. The topological polar surface area (TPSA) is 62.6 Å². The molecule has 1 saturated heterocycles. The van der Waals surface area contributed by atoms with E-state index in [2.05, 4.69) is 19.8 Å². The summed E-state index contributed by atoms with van der Waals surface area (Å²) >= 11 is 0. The first-order valence-electron chi connectivity index (χ1n) is 8.63. The molecule has 2 aliphatic heterocycles. The van der Waals surface area contributed by atoms with Gasteiger partial charge in [0.15, 0.2) is 0 Å². The van der Waals surface area contributed by atoms with Crippen molar-refractivity contribution in [2.24, 2.45) is 5.92 Å². The molecule has 4 rings (SSSR count). The van der Waals surface area contributed by atoms with Crippen molar-refractivity contribution in [3.05, 3.63) is 18.2 Å². The summed E-state index contributed by atoms with van der Waals surface area (Å²) in [4.78, 5) is 21.3. The maximum atomic E-state index is 12.5. The standard InChI is InChI=1S/C16H25N5O2/c22-16(18-14-1-2-14)21-11-13(9-19-5-7-23-8-6-19)10-20-4-3-17-15(20)12-21/h3-4,13-14H,1-2,5-12H2,(H,18,22). The van der Waals surface area contributed by atoms with Gasteiger partial charge < -0.3 is 19.5 Å². The lowest BCUT2D eigenvalue weighted by molar-refractivity contribution is 0.0277. The van der Waals surface area contributed by atoms with Crippen LogP contribution in [0.3, 0.4) is 0 Å². The van der Waals surface area contributed by atoms with Crippen molar-refractivity contribution >= 4 is 6.03 Å². The third-order valence-electron chi connectivity index (χ3n) is 4.88. The maximum Gasteiger partial charge on any atom is 0.318 e. The number of fused-ring (bicyclic) bond motifs is 1. The number of imidazole rings is 1. The highest BCUT2D eigenvalue weighted by atomic mass is 16.5. The van der Waals surface area contributed by atoms with Crippen LogP contribution in [0.25, 0.3) is 0 Å². The first-order chi connectivity index (χ1) is 11.3. The number of morpholine rings is 1. The molecule has 0 radical (unpaired) electrons. The Kier molecular flexibility index (Phi) is 4.22. The van der Waals surface area contributed by atoms with Crippen molar-refractivity contribution in [3.8, 4) is 0 Å². The van der Waals surface area contributed by atoms with Crippen LogP contribution >= 0.6 is 0 Å². The summed E-state index contributed by atoms with van der Waals surface area (Å²) in [5, 5.41) is 3.11. The van der Waals surface area contributed by atoms with E-state index < -0.39 is 0 Å². The molecule has 1 aromatic rings. The van der Waals surface area contributed by atoms with Crippen LogP contribution < -0.4 is 5.32 Å². The zero-order valence-electron chi connectivity index (χ0n) is 13.5. The van der Waals surface area contributed by atoms with Crippen molar-refractivity contribution in [2.75, 3.05) is 39.4 Å². The molecule has 1 saturated carbocycles. The Morgan fingerprint density at radius 3 is 2.91 bits per heavy atom. The number of rotatable bonds is 3. The number of hydrogen-bond donors (Lipinski definition) is 1. The molecule has 1 N–H and O–H groups in total. The average Bonchev–Trinajstić information content (AvgIpc) is 3.30. The van der Waals surface area contributed by atoms with Crippen LogP contribution in [-0.4, -0.2) is 70.8 Å². The minimum absolute atomic E-state index is 0.0657. The highest BCUT2D eigenvalue weighted by Gasteiger charge is 2.30. The Hall–Kier alpha value is -1.60. The minimum atomic E-state index is 0.0657. The van der Waals surface area contributed by atoms with Gasteiger partial charge in [-0.3, -0.25) is 4.90 Å². The van der Waals surface area contributed by atoms with Gasteiger partial charge in [-0.15, -0.1) is 0 Å². The van der Waals surface area contributed by atoms with Crippen LogP contribution in [-0.2, 0) is 17.8 Å². The Balaban J connectivity index is 1.45. The second-order valence-electron chi connectivity index (χ2n) is 6.88. The van der Waals surface area contributed by atoms with E-state index in [4.69, 9.17) is 4.74 Å². The van der Waals surface area contributed by atoms with Gasteiger partial charge in [-0.1, -0.05) is 0 Å². The number of urea groups is 1. The Morgan fingerprint density at radius 2 is 2.13 bits per heavy atom. The van der Waals surface area contributed by atoms with Crippen LogP contribution in [0.4, 0.5) is 4.79 Å². The lowest BCUT2D eigenvalue weighted by Crippen LogP contribution is -2.46. The molecule has 1 aliphatic carbocycles. The first-order valence-corrected chi connectivity index (χ1v) is 8.63. The number of carbonyl (C=O) groups is 1. The number of nitrogens with zero attached hydrogens (tertiary/aromatic N) is 4. The summed E-state index contributed by atoms with van der Waals surface area (Å²) in [5.74, 6) is 1.41. The van der Waals surface area contributed by atoms with Crippen LogP contribution in [0.5, 0.6) is 0 Å². The molecule has 1 unspecified atom stereocenters. The van der Waals surface area contributed by atoms with Crippen molar-refractivity contribution < 1.29 is 9.53 Å². The van der Waals surface area contributed by atoms with E-state index >= 15 is 0 Å². The second-order valence-corrected chi connectivity index (χ2v) is 6.88. The molecule has 7 nitrogen and oxygen atoms in total. The summed E-state index contributed by atoms with van der Waals surface area (Å²) in [6.45, 7) is 6.94. The molecule has 3 heterocycles. The molecular formula is C16H25N5O2. The molecule has 0 bridgehead atoms. The molecule has 2 fully saturated rings. The number of ether oxygens (including phenoxy) is 1. The van der Waals surface area contributed by atoms with Crippen LogP contribution in [0.2, 0.25) is 0 Å². The molecule has 23 heavy (non-hydrogen) atoms. The van der Waals surface area contributed by atoms with Crippen LogP contribution in [0.1, 0.15) is 18.7 Å². The summed E-state index contributed by atoms with van der Waals surface area (Å²) < 4.78 is 7.64. The Labute approximate surface area is 136 Å². The van der Waals surface area contributed by atoms with Crippen LogP contribution in [0, 0.1) is 5.92 Å². The monoisotopic (exact) mass is 319 g/mol. The van der Waals surface area contributed by atoms with Gasteiger partial charge in [0, 0.05) is 57.1 Å². The average molecular weight is 319 g/mol. The maximum absolute atomic E-state index is 12.5. The van der Waals surface area contributed by atoms with Crippen molar-refractivity contribution in [1.29, 1.82) is 0 Å². The van der Waals surface area contributed by atoms with E-state index in [-0.39, 0.29) is 6.03 Å². The Bertz CT molecular complexity index is 550. The van der Waals surface area contributed by atoms with Crippen molar-refractivity contribution in [1.82, 2.24) is 24.7 Å². The van der Waals surface area contributed by atoms with Gasteiger partial charge in [0.05, 0.1) is 19.8 Å². The highest BCUT2D eigenvalue weighted by molar-refractivity contribution is 5.74. The normalized spacial score (nSPS) is 25.7. The largest absolute Gasteiger partial charge is 0.379 e. The van der Waals surface area contributed by atoms with Gasteiger partial charge in [0.1, 0.15) is 5.82 Å². The number of aromatic nitrogens is 2. The van der Waals surface area contributed by atoms with Crippen molar-refractivity contribution in [3.63, 3.8) is 0 Å². The third-order valence-corrected chi connectivity index (χ3v) is 4.88. The summed E-state index contributed by atoms with van der Waals surface area (Å²) in [7, 11) is 0. The molecule has 126 valence electrons. The third kappa shape index (κ3) is 3.67. The van der Waals surface area contributed by atoms with E-state index in [9.17, 15) is 4.79 Å². The summed E-state index contributed by atoms with van der Waals surface area (Å²) in [5.41, 5.74) is 0.